The molecule has 0 radical (unpaired) electrons. The Morgan fingerprint density at radius 1 is 0.907 bits per heavy atom. The van der Waals surface area contributed by atoms with E-state index in [1.165, 1.54) is 6.92 Å². The van der Waals surface area contributed by atoms with Gasteiger partial charge < -0.3 is 20.1 Å². The molecule has 2 aromatic carbocycles. The lowest BCUT2D eigenvalue weighted by molar-refractivity contribution is -0.143. The summed E-state index contributed by atoms with van der Waals surface area (Å²) in [4.78, 5) is 15.8. The molecule has 1 aliphatic carbocycles. The van der Waals surface area contributed by atoms with Gasteiger partial charge in [-0.1, -0.05) is 30.3 Å². The van der Waals surface area contributed by atoms with Crippen molar-refractivity contribution >= 4 is 5.91 Å². The summed E-state index contributed by atoms with van der Waals surface area (Å²) in [6.07, 6.45) is -4.55. The van der Waals surface area contributed by atoms with Crippen LogP contribution in [0.15, 0.2) is 48.5 Å². The van der Waals surface area contributed by atoms with Crippen molar-refractivity contribution in [1.82, 2.24) is 10.2 Å². The first kappa shape index (κ1) is 31.8. The number of aliphatic hydroxyl groups is 1. The Labute approximate surface area is 247 Å². The van der Waals surface area contributed by atoms with Gasteiger partial charge >= 0.3 is 12.4 Å². The number of benzene rings is 2. The van der Waals surface area contributed by atoms with Crippen LogP contribution < -0.4 is 5.32 Å². The van der Waals surface area contributed by atoms with E-state index >= 15 is 0 Å². The van der Waals surface area contributed by atoms with E-state index in [1.807, 2.05) is 30.3 Å². The molecule has 3 aliphatic rings. The number of β-amino-alcohol motifs (C(OH)–C–C–N with tert-alkyl or cyclic N) is 1. The number of piperidine rings is 1. The summed E-state index contributed by atoms with van der Waals surface area (Å²) in [5.41, 5.74) is -4.47. The van der Waals surface area contributed by atoms with Crippen LogP contribution in [0.3, 0.4) is 0 Å². The van der Waals surface area contributed by atoms with Crippen molar-refractivity contribution in [3.63, 3.8) is 0 Å². The smallest absolute Gasteiger partial charge is 0.389 e. The van der Waals surface area contributed by atoms with Gasteiger partial charge in [0.25, 0.3) is 0 Å². The normalized spacial score (nSPS) is 27.3. The highest BCUT2D eigenvalue weighted by Crippen LogP contribution is 2.44. The molecule has 5 rings (SSSR count). The second kappa shape index (κ2) is 11.7. The minimum Gasteiger partial charge on any atom is -0.389 e. The van der Waals surface area contributed by atoms with Crippen LogP contribution in [0.25, 0.3) is 0 Å². The summed E-state index contributed by atoms with van der Waals surface area (Å²) in [6.45, 7) is 4.25. The SMILES string of the molecule is CC(C(=O)N[C@]1(c2ccccc2)CC[C@](O)(CN2CCC3(CCCO3)CC2)CC1)c1cc(C(F)(F)F)cc(C(F)(F)F)c1. The number of ether oxygens (including phenoxy) is 1. The number of carbonyl (C=O) groups is 1. The first-order chi connectivity index (χ1) is 20.1. The summed E-state index contributed by atoms with van der Waals surface area (Å²) in [5.74, 6) is -1.97. The molecule has 1 amide bonds. The maximum Gasteiger partial charge on any atom is 0.416 e. The predicted molar refractivity (Wildman–Crippen MR) is 148 cm³/mol. The number of amides is 1. The number of halogens is 6. The number of likely N-dealkylation sites (tertiary alicyclic amines) is 1. The molecule has 3 fully saturated rings. The van der Waals surface area contributed by atoms with E-state index in [0.717, 1.165) is 50.9 Å². The zero-order valence-electron chi connectivity index (χ0n) is 24.2. The molecular weight excluding hydrogens is 574 g/mol. The fourth-order valence-corrected chi connectivity index (χ4v) is 6.95. The van der Waals surface area contributed by atoms with Crippen molar-refractivity contribution in [2.75, 3.05) is 26.2 Å². The minimum absolute atomic E-state index is 0.0321. The Hall–Kier alpha value is -2.63. The molecule has 43 heavy (non-hydrogen) atoms. The zero-order valence-corrected chi connectivity index (χ0v) is 24.2. The van der Waals surface area contributed by atoms with E-state index in [1.54, 1.807) is 0 Å². The van der Waals surface area contributed by atoms with Crippen molar-refractivity contribution in [1.29, 1.82) is 0 Å². The molecule has 236 valence electrons. The highest BCUT2D eigenvalue weighted by Gasteiger charge is 2.46. The number of nitrogens with zero attached hydrogens (tertiary/aromatic N) is 1. The summed E-state index contributed by atoms with van der Waals surface area (Å²) in [7, 11) is 0. The quantitative estimate of drug-likeness (QED) is 0.353. The third-order valence-corrected chi connectivity index (χ3v) is 9.70. The number of alkyl halides is 6. The molecule has 0 bridgehead atoms. The third-order valence-electron chi connectivity index (χ3n) is 9.70. The Kier molecular flexibility index (Phi) is 8.65. The highest BCUT2D eigenvalue weighted by molar-refractivity contribution is 5.84. The average Bonchev–Trinajstić information content (AvgIpc) is 3.42. The standard InChI is InChI=1S/C32H38F6N2O3/c1-22(23-18-25(31(33,34)35)20-26(19-23)32(36,37)38)27(41)39-30(24-6-3-2-4-7-24)11-9-28(42,10-12-30)21-40-15-13-29(14-16-40)8-5-17-43-29/h2-4,6-7,18-20,22,42H,5,8-17,21H2,1H3,(H,39,41)/t22?,28-,30-. The van der Waals surface area contributed by atoms with E-state index < -0.39 is 46.4 Å². The van der Waals surface area contributed by atoms with Crippen LogP contribution in [0, 0.1) is 0 Å². The van der Waals surface area contributed by atoms with Crippen molar-refractivity contribution in [3.8, 4) is 0 Å². The highest BCUT2D eigenvalue weighted by atomic mass is 19.4. The fraction of sp³-hybridized carbons (Fsp3) is 0.594. The molecular formula is C32H38F6N2O3. The van der Waals surface area contributed by atoms with Crippen LogP contribution in [0.4, 0.5) is 26.3 Å². The topological polar surface area (TPSA) is 61.8 Å². The lowest BCUT2D eigenvalue weighted by Crippen LogP contribution is -2.56. The lowest BCUT2D eigenvalue weighted by Gasteiger charge is -2.48. The Morgan fingerprint density at radius 2 is 1.49 bits per heavy atom. The summed E-state index contributed by atoms with van der Waals surface area (Å²) in [6, 6.07) is 10.4. The van der Waals surface area contributed by atoms with Crippen LogP contribution in [0.1, 0.15) is 86.5 Å². The van der Waals surface area contributed by atoms with Crippen LogP contribution >= 0.6 is 0 Å². The largest absolute Gasteiger partial charge is 0.416 e. The summed E-state index contributed by atoms with van der Waals surface area (Å²) in [5, 5.41) is 14.6. The van der Waals surface area contributed by atoms with E-state index in [-0.39, 0.29) is 17.2 Å². The van der Waals surface area contributed by atoms with E-state index in [4.69, 9.17) is 4.74 Å². The molecule has 2 heterocycles. The van der Waals surface area contributed by atoms with Gasteiger partial charge in [-0.3, -0.25) is 4.79 Å². The van der Waals surface area contributed by atoms with E-state index in [0.29, 0.717) is 44.4 Å². The molecule has 2 aromatic rings. The Bertz CT molecular complexity index is 1240. The van der Waals surface area contributed by atoms with Gasteiger partial charge in [-0.15, -0.1) is 0 Å². The Morgan fingerprint density at radius 3 is 2.00 bits per heavy atom. The average molecular weight is 613 g/mol. The van der Waals surface area contributed by atoms with Gasteiger partial charge in [-0.05, 0) is 87.6 Å². The monoisotopic (exact) mass is 612 g/mol. The molecule has 1 atom stereocenters. The second-order valence-electron chi connectivity index (χ2n) is 12.6. The molecule has 1 unspecified atom stereocenters. The van der Waals surface area contributed by atoms with Gasteiger partial charge in [0.2, 0.25) is 5.91 Å². The minimum atomic E-state index is -5.01. The Balaban J connectivity index is 1.32. The molecule has 2 saturated heterocycles. The number of hydrogen-bond donors (Lipinski definition) is 2. The fourth-order valence-electron chi connectivity index (χ4n) is 6.95. The predicted octanol–water partition coefficient (Wildman–Crippen LogP) is 6.79. The molecule has 5 nitrogen and oxygen atoms in total. The first-order valence-corrected chi connectivity index (χ1v) is 14.9. The van der Waals surface area contributed by atoms with Crippen molar-refractivity contribution in [2.45, 2.75) is 93.3 Å². The van der Waals surface area contributed by atoms with Gasteiger partial charge in [0.1, 0.15) is 0 Å². The van der Waals surface area contributed by atoms with Gasteiger partial charge in [-0.25, -0.2) is 0 Å². The van der Waals surface area contributed by atoms with Gasteiger partial charge in [0.05, 0.1) is 33.8 Å². The van der Waals surface area contributed by atoms with Crippen LogP contribution in [-0.2, 0) is 27.4 Å². The van der Waals surface area contributed by atoms with Crippen molar-refractivity contribution < 1.29 is 41.0 Å². The summed E-state index contributed by atoms with van der Waals surface area (Å²) < 4.78 is 86.8. The molecule has 1 saturated carbocycles. The number of nitrogens with one attached hydrogen (secondary N) is 1. The van der Waals surface area contributed by atoms with Gasteiger partial charge in [-0.2, -0.15) is 26.3 Å². The number of rotatable bonds is 6. The maximum absolute atomic E-state index is 13.6. The second-order valence-corrected chi connectivity index (χ2v) is 12.6. The van der Waals surface area contributed by atoms with Crippen molar-refractivity contribution in [3.05, 3.63) is 70.8 Å². The van der Waals surface area contributed by atoms with Crippen LogP contribution in [0.2, 0.25) is 0 Å². The van der Waals surface area contributed by atoms with Crippen LogP contribution in [0.5, 0.6) is 0 Å². The number of hydrogen-bond acceptors (Lipinski definition) is 4. The maximum atomic E-state index is 13.6. The van der Waals surface area contributed by atoms with Gasteiger partial charge in [0.15, 0.2) is 0 Å². The number of carbonyl (C=O) groups excluding carboxylic acids is 1. The summed E-state index contributed by atoms with van der Waals surface area (Å²) >= 11 is 0. The van der Waals surface area contributed by atoms with Crippen molar-refractivity contribution in [2.24, 2.45) is 0 Å². The molecule has 0 aromatic heterocycles. The van der Waals surface area contributed by atoms with Crippen LogP contribution in [-0.4, -0.2) is 53.4 Å². The lowest BCUT2D eigenvalue weighted by atomic mass is 9.70. The molecule has 2 N–H and O–H groups in total. The van der Waals surface area contributed by atoms with Gasteiger partial charge in [0, 0.05) is 26.2 Å². The molecule has 11 heteroatoms. The van der Waals surface area contributed by atoms with E-state index in [2.05, 4.69) is 10.2 Å². The first-order valence-electron chi connectivity index (χ1n) is 14.9. The van der Waals surface area contributed by atoms with E-state index in [9.17, 15) is 36.2 Å². The molecule has 1 spiro atoms. The third kappa shape index (κ3) is 7.04. The zero-order chi connectivity index (χ0) is 31.1. The molecule has 2 aliphatic heterocycles.